The van der Waals surface area contributed by atoms with E-state index in [0.717, 1.165) is 10.9 Å². The van der Waals surface area contributed by atoms with Crippen LogP contribution in [0.2, 0.25) is 5.02 Å². The smallest absolute Gasteiger partial charge is 0.352 e. The minimum atomic E-state index is -0.997. The van der Waals surface area contributed by atoms with Gasteiger partial charge in [0.1, 0.15) is 5.69 Å². The molecule has 5 heteroatoms. The number of aromatic nitrogens is 1. The minimum Gasteiger partial charge on any atom is -0.477 e. The average Bonchev–Trinajstić information content (AvgIpc) is 2.53. The van der Waals surface area contributed by atoms with E-state index in [1.54, 1.807) is 29.7 Å². The van der Waals surface area contributed by atoms with Crippen molar-refractivity contribution in [3.63, 3.8) is 0 Å². The van der Waals surface area contributed by atoms with Gasteiger partial charge in [-0.05, 0) is 30.7 Å². The number of nitrogens with zero attached hydrogens (tertiary/aromatic N) is 1. The zero-order valence-electron chi connectivity index (χ0n) is 9.27. The number of aliphatic hydroxyl groups is 1. The molecule has 0 radical (unpaired) electrons. The fourth-order valence-electron chi connectivity index (χ4n) is 2.10. The molecule has 2 aromatic rings. The van der Waals surface area contributed by atoms with Crippen LogP contribution in [0.3, 0.4) is 0 Å². The van der Waals surface area contributed by atoms with Crippen LogP contribution in [0, 0.1) is 6.92 Å². The van der Waals surface area contributed by atoms with Crippen molar-refractivity contribution < 1.29 is 15.0 Å². The third kappa shape index (κ3) is 1.90. The molecular formula is C12H12ClNO3. The van der Waals surface area contributed by atoms with Gasteiger partial charge in [0.25, 0.3) is 0 Å². The quantitative estimate of drug-likeness (QED) is 0.882. The summed E-state index contributed by atoms with van der Waals surface area (Å²) in [6.07, 6.45) is 0. The van der Waals surface area contributed by atoms with Crippen molar-refractivity contribution >= 4 is 28.5 Å². The van der Waals surface area contributed by atoms with Gasteiger partial charge in [0.2, 0.25) is 0 Å². The number of halogens is 1. The number of aryl methyl sites for hydroxylation is 1. The Balaban J connectivity index is 2.82. The molecule has 0 unspecified atom stereocenters. The summed E-state index contributed by atoms with van der Waals surface area (Å²) in [6, 6.07) is 5.22. The molecule has 1 aromatic heterocycles. The number of carboxylic acid groups (broad SMARTS) is 1. The lowest BCUT2D eigenvalue weighted by molar-refractivity contribution is 0.0683. The topological polar surface area (TPSA) is 62.5 Å². The van der Waals surface area contributed by atoms with Crippen molar-refractivity contribution in [2.45, 2.75) is 13.5 Å². The van der Waals surface area contributed by atoms with Crippen molar-refractivity contribution in [2.24, 2.45) is 0 Å². The third-order valence-corrected chi connectivity index (χ3v) is 3.04. The summed E-state index contributed by atoms with van der Waals surface area (Å²) in [5.74, 6) is -0.997. The summed E-state index contributed by atoms with van der Waals surface area (Å²) >= 11 is 5.90. The second kappa shape index (κ2) is 4.39. The molecule has 0 spiro atoms. The van der Waals surface area contributed by atoms with E-state index < -0.39 is 5.97 Å². The standard InChI is InChI=1S/C12H12ClNO3/c1-7-9-6-8(13)2-3-10(9)14(4-5-15)11(7)12(16)17/h2-3,6,15H,4-5H2,1H3,(H,16,17). The number of aliphatic hydroxyl groups excluding tert-OH is 1. The number of hydrogen-bond donors (Lipinski definition) is 2. The Morgan fingerprint density at radius 1 is 1.47 bits per heavy atom. The number of rotatable bonds is 3. The maximum Gasteiger partial charge on any atom is 0.352 e. The largest absolute Gasteiger partial charge is 0.477 e. The van der Waals surface area contributed by atoms with Crippen molar-refractivity contribution in [3.05, 3.63) is 34.5 Å². The predicted octanol–water partition coefficient (Wildman–Crippen LogP) is 2.29. The van der Waals surface area contributed by atoms with E-state index in [1.807, 2.05) is 0 Å². The molecule has 0 aliphatic heterocycles. The van der Waals surface area contributed by atoms with Crippen LogP contribution in [0.4, 0.5) is 0 Å². The van der Waals surface area contributed by atoms with Crippen LogP contribution in [-0.2, 0) is 6.54 Å². The van der Waals surface area contributed by atoms with E-state index in [1.165, 1.54) is 0 Å². The van der Waals surface area contributed by atoms with Gasteiger partial charge in [0.05, 0.1) is 6.61 Å². The van der Waals surface area contributed by atoms with Gasteiger partial charge in [-0.15, -0.1) is 0 Å². The molecule has 0 aliphatic rings. The van der Waals surface area contributed by atoms with Gasteiger partial charge >= 0.3 is 5.97 Å². The highest BCUT2D eigenvalue weighted by Crippen LogP contribution is 2.28. The molecule has 2 N–H and O–H groups in total. The van der Waals surface area contributed by atoms with Gasteiger partial charge < -0.3 is 14.8 Å². The maximum atomic E-state index is 11.2. The van der Waals surface area contributed by atoms with E-state index in [2.05, 4.69) is 0 Å². The Morgan fingerprint density at radius 2 is 2.18 bits per heavy atom. The van der Waals surface area contributed by atoms with Crippen LogP contribution in [0.5, 0.6) is 0 Å². The molecule has 1 aromatic carbocycles. The van der Waals surface area contributed by atoms with Gasteiger partial charge in [-0.25, -0.2) is 4.79 Å². The Morgan fingerprint density at radius 3 is 2.76 bits per heavy atom. The zero-order valence-corrected chi connectivity index (χ0v) is 10.0. The number of carbonyl (C=O) groups is 1. The fourth-order valence-corrected chi connectivity index (χ4v) is 2.27. The fraction of sp³-hybridized carbons (Fsp3) is 0.250. The van der Waals surface area contributed by atoms with Gasteiger partial charge in [-0.3, -0.25) is 0 Å². The Hall–Kier alpha value is -1.52. The maximum absolute atomic E-state index is 11.2. The van der Waals surface area contributed by atoms with Crippen LogP contribution in [-0.4, -0.2) is 27.4 Å². The highest BCUT2D eigenvalue weighted by molar-refractivity contribution is 6.31. The summed E-state index contributed by atoms with van der Waals surface area (Å²) in [5, 5.41) is 19.6. The van der Waals surface area contributed by atoms with Crippen molar-refractivity contribution in [1.29, 1.82) is 0 Å². The molecule has 0 fully saturated rings. The first-order valence-corrected chi connectivity index (χ1v) is 5.56. The van der Waals surface area contributed by atoms with E-state index in [-0.39, 0.29) is 18.8 Å². The summed E-state index contributed by atoms with van der Waals surface area (Å²) in [4.78, 5) is 11.2. The second-order valence-corrected chi connectivity index (χ2v) is 4.25. The number of aromatic carboxylic acids is 1. The van der Waals surface area contributed by atoms with Crippen molar-refractivity contribution in [2.75, 3.05) is 6.61 Å². The molecule has 1 heterocycles. The Labute approximate surface area is 103 Å². The highest BCUT2D eigenvalue weighted by atomic mass is 35.5. The van der Waals surface area contributed by atoms with E-state index in [0.29, 0.717) is 10.6 Å². The lowest BCUT2D eigenvalue weighted by atomic mass is 10.1. The molecule has 17 heavy (non-hydrogen) atoms. The van der Waals surface area contributed by atoms with E-state index in [9.17, 15) is 9.90 Å². The predicted molar refractivity (Wildman–Crippen MR) is 65.7 cm³/mol. The lowest BCUT2D eigenvalue weighted by Crippen LogP contribution is -2.11. The molecule has 90 valence electrons. The molecule has 2 rings (SSSR count). The minimum absolute atomic E-state index is 0.105. The van der Waals surface area contributed by atoms with Crippen LogP contribution in [0.15, 0.2) is 18.2 Å². The molecule has 0 atom stereocenters. The summed E-state index contributed by atoms with van der Waals surface area (Å²) in [6.45, 7) is 1.90. The average molecular weight is 254 g/mol. The van der Waals surface area contributed by atoms with Crippen LogP contribution in [0.25, 0.3) is 10.9 Å². The van der Waals surface area contributed by atoms with Gasteiger partial charge in [0.15, 0.2) is 0 Å². The third-order valence-electron chi connectivity index (χ3n) is 2.80. The SMILES string of the molecule is Cc1c(C(=O)O)n(CCO)c2ccc(Cl)cc12. The van der Waals surface area contributed by atoms with Gasteiger partial charge in [-0.2, -0.15) is 0 Å². The Bertz CT molecular complexity index is 589. The number of benzene rings is 1. The summed E-state index contributed by atoms with van der Waals surface area (Å²) < 4.78 is 1.60. The number of hydrogen-bond acceptors (Lipinski definition) is 2. The number of carboxylic acids is 1. The van der Waals surface area contributed by atoms with Crippen LogP contribution < -0.4 is 0 Å². The first kappa shape index (κ1) is 12.0. The Kier molecular flexibility index (Phi) is 3.09. The van der Waals surface area contributed by atoms with Gasteiger partial charge in [0, 0.05) is 22.5 Å². The van der Waals surface area contributed by atoms with Gasteiger partial charge in [-0.1, -0.05) is 11.6 Å². The molecule has 4 nitrogen and oxygen atoms in total. The monoisotopic (exact) mass is 253 g/mol. The van der Waals surface area contributed by atoms with Crippen LogP contribution in [0.1, 0.15) is 16.1 Å². The molecule has 0 bridgehead atoms. The van der Waals surface area contributed by atoms with Crippen molar-refractivity contribution in [1.82, 2.24) is 4.57 Å². The van der Waals surface area contributed by atoms with Crippen LogP contribution >= 0.6 is 11.6 Å². The van der Waals surface area contributed by atoms with E-state index >= 15 is 0 Å². The first-order valence-electron chi connectivity index (χ1n) is 5.18. The lowest BCUT2D eigenvalue weighted by Gasteiger charge is -2.05. The highest BCUT2D eigenvalue weighted by Gasteiger charge is 2.19. The summed E-state index contributed by atoms with van der Waals surface area (Å²) in [7, 11) is 0. The molecule has 0 amide bonds. The molecular weight excluding hydrogens is 242 g/mol. The first-order chi connectivity index (χ1) is 8.06. The van der Waals surface area contributed by atoms with Crippen molar-refractivity contribution in [3.8, 4) is 0 Å². The molecule has 0 saturated carbocycles. The van der Waals surface area contributed by atoms with E-state index in [4.69, 9.17) is 16.7 Å². The summed E-state index contributed by atoms with van der Waals surface area (Å²) in [5.41, 5.74) is 1.65. The second-order valence-electron chi connectivity index (χ2n) is 3.82. The molecule has 0 saturated heterocycles. The normalized spacial score (nSPS) is 11.0. The number of fused-ring (bicyclic) bond motifs is 1. The molecule has 0 aliphatic carbocycles. The zero-order chi connectivity index (χ0) is 12.6.